The van der Waals surface area contributed by atoms with Crippen molar-refractivity contribution in [1.29, 1.82) is 0 Å². The third kappa shape index (κ3) is 6.29. The zero-order valence-corrected chi connectivity index (χ0v) is 20.4. The van der Waals surface area contributed by atoms with E-state index in [1.165, 1.54) is 6.07 Å². The van der Waals surface area contributed by atoms with Gasteiger partial charge in [-0.05, 0) is 75.7 Å². The summed E-state index contributed by atoms with van der Waals surface area (Å²) in [4.78, 5) is 6.10. The van der Waals surface area contributed by atoms with E-state index in [0.717, 1.165) is 51.3 Å². The first kappa shape index (κ1) is 24.2. The SMILES string of the molecule is Cc1nc(S(C)(=O)=O)ccc1OC1CCC(OC2CCN(C(O)=S)C(C(C)C)C2)CC1. The molecule has 31 heavy (non-hydrogen) atoms. The average Bonchev–Trinajstić information content (AvgIpc) is 2.70. The van der Waals surface area contributed by atoms with E-state index in [0.29, 0.717) is 17.4 Å². The number of aliphatic hydroxyl groups is 1. The monoisotopic (exact) mass is 470 g/mol. The van der Waals surface area contributed by atoms with Crippen molar-refractivity contribution in [3.05, 3.63) is 17.8 Å². The number of hydrogen-bond donors (Lipinski definition) is 1. The number of pyridine rings is 1. The molecule has 1 aliphatic heterocycles. The molecule has 2 aliphatic rings. The highest BCUT2D eigenvalue weighted by Crippen LogP contribution is 2.31. The molecule has 1 aliphatic carbocycles. The Morgan fingerprint density at radius 2 is 1.81 bits per heavy atom. The predicted molar refractivity (Wildman–Crippen MR) is 123 cm³/mol. The number of hydrogen-bond acceptors (Lipinski definition) is 6. The third-order valence-corrected chi connectivity index (χ3v) is 7.53. The van der Waals surface area contributed by atoms with Gasteiger partial charge in [-0.2, -0.15) is 0 Å². The van der Waals surface area contributed by atoms with Gasteiger partial charge in [-0.15, -0.1) is 0 Å². The van der Waals surface area contributed by atoms with Crippen LogP contribution in [0.5, 0.6) is 5.75 Å². The molecule has 9 heteroatoms. The highest BCUT2D eigenvalue weighted by molar-refractivity contribution is 7.90. The molecule has 2 atom stereocenters. The normalized spacial score (nSPS) is 27.3. The number of aliphatic hydroxyl groups excluding tert-OH is 1. The minimum absolute atomic E-state index is 0.0100. The molecule has 174 valence electrons. The Labute approximate surface area is 191 Å². The molecule has 1 aromatic rings. The van der Waals surface area contributed by atoms with Crippen molar-refractivity contribution in [2.45, 2.75) is 88.7 Å². The summed E-state index contributed by atoms with van der Waals surface area (Å²) in [6.45, 7) is 6.81. The maximum Gasteiger partial charge on any atom is 0.257 e. The Balaban J connectivity index is 1.50. The molecule has 0 radical (unpaired) electrons. The molecule has 2 heterocycles. The van der Waals surface area contributed by atoms with Crippen LogP contribution in [0.2, 0.25) is 0 Å². The molecule has 1 N–H and O–H groups in total. The first-order valence-electron chi connectivity index (χ1n) is 11.0. The van der Waals surface area contributed by atoms with Gasteiger partial charge in [0.15, 0.2) is 14.9 Å². The van der Waals surface area contributed by atoms with Gasteiger partial charge in [0, 0.05) is 18.8 Å². The van der Waals surface area contributed by atoms with Gasteiger partial charge >= 0.3 is 0 Å². The lowest BCUT2D eigenvalue weighted by atomic mass is 9.90. The van der Waals surface area contributed by atoms with Crippen LogP contribution >= 0.6 is 12.2 Å². The summed E-state index contributed by atoms with van der Waals surface area (Å²) in [5.74, 6) is 1.04. The van der Waals surface area contributed by atoms with Gasteiger partial charge in [0.25, 0.3) is 5.17 Å². The Bertz CT molecular complexity index is 882. The van der Waals surface area contributed by atoms with Crippen LogP contribution in [0.15, 0.2) is 17.2 Å². The summed E-state index contributed by atoms with van der Waals surface area (Å²) in [5.41, 5.74) is 0.592. The number of ether oxygens (including phenoxy) is 2. The molecular weight excluding hydrogens is 436 g/mol. The molecule has 0 spiro atoms. The summed E-state index contributed by atoms with van der Waals surface area (Å²) >= 11 is 5.01. The molecule has 1 saturated heterocycles. The Morgan fingerprint density at radius 3 is 2.35 bits per heavy atom. The van der Waals surface area contributed by atoms with Crippen LogP contribution in [0.25, 0.3) is 0 Å². The molecular formula is C22H34N2O5S2. The van der Waals surface area contributed by atoms with E-state index in [9.17, 15) is 13.5 Å². The van der Waals surface area contributed by atoms with Crippen molar-refractivity contribution in [3.8, 4) is 5.75 Å². The zero-order chi connectivity index (χ0) is 22.8. The molecule has 2 unspecified atom stereocenters. The van der Waals surface area contributed by atoms with Crippen molar-refractivity contribution in [1.82, 2.24) is 9.88 Å². The molecule has 2 fully saturated rings. The van der Waals surface area contributed by atoms with E-state index in [1.807, 2.05) is 4.90 Å². The fourth-order valence-corrected chi connectivity index (χ4v) is 5.40. The zero-order valence-electron chi connectivity index (χ0n) is 18.8. The summed E-state index contributed by atoms with van der Waals surface area (Å²) < 4.78 is 35.9. The quantitative estimate of drug-likeness (QED) is 0.628. The fraction of sp³-hybridized carbons (Fsp3) is 0.727. The van der Waals surface area contributed by atoms with E-state index < -0.39 is 9.84 Å². The van der Waals surface area contributed by atoms with Crippen molar-refractivity contribution in [2.75, 3.05) is 12.8 Å². The minimum atomic E-state index is -3.32. The van der Waals surface area contributed by atoms with Crippen LogP contribution in [-0.4, -0.2) is 65.7 Å². The van der Waals surface area contributed by atoms with Gasteiger partial charge in [-0.25, -0.2) is 13.4 Å². The van der Waals surface area contributed by atoms with Crippen molar-refractivity contribution < 1.29 is 23.0 Å². The van der Waals surface area contributed by atoms with Crippen molar-refractivity contribution >= 4 is 27.2 Å². The van der Waals surface area contributed by atoms with Gasteiger partial charge in [0.1, 0.15) is 5.75 Å². The van der Waals surface area contributed by atoms with Crippen molar-refractivity contribution in [3.63, 3.8) is 0 Å². The topological polar surface area (TPSA) is 89.0 Å². The van der Waals surface area contributed by atoms with Gasteiger partial charge in [0.2, 0.25) is 0 Å². The lowest BCUT2D eigenvalue weighted by molar-refractivity contribution is -0.0750. The second-order valence-electron chi connectivity index (χ2n) is 9.09. The maximum absolute atomic E-state index is 11.7. The van der Waals surface area contributed by atoms with Gasteiger partial charge in [0.05, 0.1) is 24.0 Å². The van der Waals surface area contributed by atoms with Gasteiger partial charge < -0.3 is 19.5 Å². The van der Waals surface area contributed by atoms with Crippen LogP contribution < -0.4 is 4.74 Å². The van der Waals surface area contributed by atoms with Crippen LogP contribution in [0.4, 0.5) is 0 Å². The van der Waals surface area contributed by atoms with E-state index in [-0.39, 0.29) is 34.6 Å². The van der Waals surface area contributed by atoms with E-state index in [1.54, 1.807) is 13.0 Å². The minimum Gasteiger partial charge on any atom is -0.489 e. The number of aromatic nitrogens is 1. The predicted octanol–water partition coefficient (Wildman–Crippen LogP) is 3.83. The van der Waals surface area contributed by atoms with Crippen LogP contribution in [0.3, 0.4) is 0 Å². The fourth-order valence-electron chi connectivity index (χ4n) is 4.55. The van der Waals surface area contributed by atoms with Crippen LogP contribution in [-0.2, 0) is 14.6 Å². The number of piperidine rings is 1. The van der Waals surface area contributed by atoms with Gasteiger partial charge in [-0.1, -0.05) is 13.8 Å². The smallest absolute Gasteiger partial charge is 0.257 e. The van der Waals surface area contributed by atoms with E-state index in [4.69, 9.17) is 21.7 Å². The molecule has 0 aromatic carbocycles. The lowest BCUT2D eigenvalue weighted by Crippen LogP contribution is -2.50. The summed E-state index contributed by atoms with van der Waals surface area (Å²) in [5, 5.41) is 9.86. The number of rotatable bonds is 6. The Hall–Kier alpha value is -1.45. The van der Waals surface area contributed by atoms with Crippen molar-refractivity contribution in [2.24, 2.45) is 5.92 Å². The number of sulfone groups is 1. The second-order valence-corrected chi connectivity index (χ2v) is 11.4. The first-order valence-corrected chi connectivity index (χ1v) is 13.3. The summed E-state index contributed by atoms with van der Waals surface area (Å²) in [6, 6.07) is 3.41. The highest BCUT2D eigenvalue weighted by Gasteiger charge is 2.34. The Morgan fingerprint density at radius 1 is 1.16 bits per heavy atom. The number of nitrogens with zero attached hydrogens (tertiary/aromatic N) is 2. The van der Waals surface area contributed by atoms with E-state index >= 15 is 0 Å². The standard InChI is InChI=1S/C22H34N2O5S2/c1-14(2)19-13-18(11-12-24(19)22(25)30)28-16-5-7-17(8-6-16)29-20-9-10-21(23-15(20)3)31(4,26)27/h9-10,14,16-19H,5-8,11-13H2,1-4H3,(H,25,30). The molecule has 1 aromatic heterocycles. The number of aryl methyl sites for hydroxylation is 1. The number of thiocarbonyl (C=S) groups is 1. The maximum atomic E-state index is 11.7. The molecule has 1 saturated carbocycles. The molecule has 3 rings (SSSR count). The molecule has 0 bridgehead atoms. The second kappa shape index (κ2) is 10.0. The van der Waals surface area contributed by atoms with E-state index in [2.05, 4.69) is 18.8 Å². The van der Waals surface area contributed by atoms with Crippen LogP contribution in [0.1, 0.15) is 58.1 Å². The molecule has 0 amide bonds. The summed E-state index contributed by atoms with van der Waals surface area (Å²) in [6.07, 6.45) is 7.06. The van der Waals surface area contributed by atoms with Crippen LogP contribution in [0, 0.1) is 12.8 Å². The molecule has 7 nitrogen and oxygen atoms in total. The lowest BCUT2D eigenvalue weighted by Gasteiger charge is -2.42. The number of likely N-dealkylation sites (tertiary alicyclic amines) is 1. The average molecular weight is 471 g/mol. The summed E-state index contributed by atoms with van der Waals surface area (Å²) in [7, 11) is -3.32. The van der Waals surface area contributed by atoms with Gasteiger partial charge in [-0.3, -0.25) is 0 Å². The largest absolute Gasteiger partial charge is 0.489 e. The Kier molecular flexibility index (Phi) is 7.81. The highest BCUT2D eigenvalue weighted by atomic mass is 32.2. The third-order valence-electron chi connectivity index (χ3n) is 6.30. The first-order chi connectivity index (χ1) is 14.5.